The molecule has 3 saturated carbocycles. The minimum atomic E-state index is 0.853. The predicted molar refractivity (Wildman–Crippen MR) is 77.6 cm³/mol. The highest BCUT2D eigenvalue weighted by Gasteiger charge is 2.33. The summed E-state index contributed by atoms with van der Waals surface area (Å²) in [6, 6.07) is 1.72. The molecule has 3 unspecified atom stereocenters. The predicted octanol–water partition coefficient (Wildman–Crippen LogP) is 4.51. The highest BCUT2D eigenvalue weighted by Crippen LogP contribution is 2.40. The Hall–Kier alpha value is -0.0400. The molecule has 0 aromatic rings. The molecular formula is C17H31N. The summed E-state index contributed by atoms with van der Waals surface area (Å²) in [5.74, 6) is 3.16. The zero-order chi connectivity index (χ0) is 12.4. The van der Waals surface area contributed by atoms with Crippen LogP contribution in [0, 0.1) is 17.8 Å². The summed E-state index contributed by atoms with van der Waals surface area (Å²) >= 11 is 0. The Morgan fingerprint density at radius 3 is 2.11 bits per heavy atom. The van der Waals surface area contributed by atoms with Gasteiger partial charge in [0.1, 0.15) is 0 Å². The van der Waals surface area contributed by atoms with E-state index in [1.165, 1.54) is 64.2 Å². The lowest BCUT2D eigenvalue weighted by Crippen LogP contribution is -2.44. The number of hydrogen-bond donors (Lipinski definition) is 1. The van der Waals surface area contributed by atoms with E-state index in [0.29, 0.717) is 0 Å². The Kier molecular flexibility index (Phi) is 4.28. The van der Waals surface area contributed by atoms with Crippen molar-refractivity contribution in [2.24, 2.45) is 17.8 Å². The van der Waals surface area contributed by atoms with Gasteiger partial charge < -0.3 is 5.32 Å². The molecule has 3 aliphatic carbocycles. The summed E-state index contributed by atoms with van der Waals surface area (Å²) in [4.78, 5) is 0. The molecule has 18 heavy (non-hydrogen) atoms. The van der Waals surface area contributed by atoms with Crippen LogP contribution in [0.5, 0.6) is 0 Å². The molecule has 3 aliphatic rings. The molecule has 0 aromatic heterocycles. The van der Waals surface area contributed by atoms with Gasteiger partial charge in [0.2, 0.25) is 0 Å². The van der Waals surface area contributed by atoms with Crippen LogP contribution in [0.4, 0.5) is 0 Å². The lowest BCUT2D eigenvalue weighted by Gasteiger charge is -2.41. The number of nitrogens with one attached hydrogen (secondary N) is 1. The first-order valence-corrected chi connectivity index (χ1v) is 8.57. The number of hydrogen-bond acceptors (Lipinski definition) is 1. The third kappa shape index (κ3) is 3.10. The van der Waals surface area contributed by atoms with Crippen molar-refractivity contribution < 1.29 is 0 Å². The second-order valence-electron chi connectivity index (χ2n) is 7.44. The van der Waals surface area contributed by atoms with Crippen LogP contribution >= 0.6 is 0 Å². The quantitative estimate of drug-likeness (QED) is 0.759. The van der Waals surface area contributed by atoms with Crippen LogP contribution in [0.25, 0.3) is 0 Å². The van der Waals surface area contributed by atoms with Gasteiger partial charge in [-0.2, -0.15) is 0 Å². The Morgan fingerprint density at radius 1 is 0.667 bits per heavy atom. The monoisotopic (exact) mass is 249 g/mol. The molecular weight excluding hydrogens is 218 g/mol. The van der Waals surface area contributed by atoms with E-state index in [9.17, 15) is 0 Å². The van der Waals surface area contributed by atoms with Gasteiger partial charge in [-0.3, -0.25) is 0 Å². The minimum absolute atomic E-state index is 0.853. The molecule has 3 rings (SSSR count). The van der Waals surface area contributed by atoms with Crippen molar-refractivity contribution in [1.29, 1.82) is 0 Å². The third-order valence-corrected chi connectivity index (χ3v) is 6.03. The van der Waals surface area contributed by atoms with Gasteiger partial charge in [0.05, 0.1) is 0 Å². The van der Waals surface area contributed by atoms with Crippen LogP contribution in [0.15, 0.2) is 0 Å². The number of rotatable bonds is 2. The Labute approximate surface area is 113 Å². The molecule has 0 radical (unpaired) electrons. The van der Waals surface area contributed by atoms with Crippen molar-refractivity contribution in [2.75, 3.05) is 0 Å². The summed E-state index contributed by atoms with van der Waals surface area (Å²) in [5, 5.41) is 4.01. The van der Waals surface area contributed by atoms with Gasteiger partial charge in [-0.1, -0.05) is 32.6 Å². The lowest BCUT2D eigenvalue weighted by atomic mass is 9.69. The van der Waals surface area contributed by atoms with E-state index in [1.807, 2.05) is 0 Å². The van der Waals surface area contributed by atoms with Gasteiger partial charge in [-0.05, 0) is 62.7 Å². The molecule has 3 fully saturated rings. The van der Waals surface area contributed by atoms with Crippen molar-refractivity contribution in [3.63, 3.8) is 0 Å². The van der Waals surface area contributed by atoms with Gasteiger partial charge in [-0.25, -0.2) is 0 Å². The molecule has 0 amide bonds. The second-order valence-corrected chi connectivity index (χ2v) is 7.44. The lowest BCUT2D eigenvalue weighted by molar-refractivity contribution is 0.132. The SMILES string of the molecule is CC1CCC(NC2CCC3CCCCC3C2)CC1. The fourth-order valence-electron chi connectivity index (χ4n) is 4.78. The van der Waals surface area contributed by atoms with E-state index < -0.39 is 0 Å². The molecule has 1 heteroatoms. The fourth-order valence-corrected chi connectivity index (χ4v) is 4.78. The smallest absolute Gasteiger partial charge is 0.00724 e. The van der Waals surface area contributed by atoms with Crippen LogP contribution < -0.4 is 5.32 Å². The fraction of sp³-hybridized carbons (Fsp3) is 1.00. The largest absolute Gasteiger partial charge is 0.311 e. The second kappa shape index (κ2) is 5.94. The molecule has 104 valence electrons. The molecule has 0 aliphatic heterocycles. The molecule has 1 N–H and O–H groups in total. The van der Waals surface area contributed by atoms with Crippen LogP contribution in [-0.2, 0) is 0 Å². The highest BCUT2D eigenvalue weighted by molar-refractivity contribution is 4.88. The summed E-state index contributed by atoms with van der Waals surface area (Å²) in [7, 11) is 0. The minimum Gasteiger partial charge on any atom is -0.311 e. The van der Waals surface area contributed by atoms with Crippen molar-refractivity contribution in [2.45, 2.75) is 89.6 Å². The van der Waals surface area contributed by atoms with Gasteiger partial charge in [-0.15, -0.1) is 0 Å². The molecule has 0 saturated heterocycles. The highest BCUT2D eigenvalue weighted by atomic mass is 15.0. The van der Waals surface area contributed by atoms with E-state index in [0.717, 1.165) is 29.8 Å². The summed E-state index contributed by atoms with van der Waals surface area (Å²) in [5.41, 5.74) is 0. The van der Waals surface area contributed by atoms with Crippen molar-refractivity contribution in [3.05, 3.63) is 0 Å². The number of fused-ring (bicyclic) bond motifs is 1. The van der Waals surface area contributed by atoms with Crippen LogP contribution in [0.2, 0.25) is 0 Å². The van der Waals surface area contributed by atoms with Crippen LogP contribution in [-0.4, -0.2) is 12.1 Å². The first kappa shape index (κ1) is 13.0. The first-order valence-electron chi connectivity index (χ1n) is 8.57. The zero-order valence-corrected chi connectivity index (χ0v) is 12.2. The Bertz CT molecular complexity index is 254. The maximum atomic E-state index is 4.01. The average Bonchev–Trinajstić information content (AvgIpc) is 2.41. The molecule has 0 heterocycles. The van der Waals surface area contributed by atoms with Crippen LogP contribution in [0.1, 0.15) is 77.6 Å². The maximum absolute atomic E-state index is 4.01. The van der Waals surface area contributed by atoms with Gasteiger partial charge in [0, 0.05) is 12.1 Å². The van der Waals surface area contributed by atoms with E-state index in [2.05, 4.69) is 12.2 Å². The summed E-state index contributed by atoms with van der Waals surface area (Å²) in [6.07, 6.45) is 16.4. The maximum Gasteiger partial charge on any atom is 0.00724 e. The van der Waals surface area contributed by atoms with E-state index in [1.54, 1.807) is 6.42 Å². The van der Waals surface area contributed by atoms with Gasteiger partial charge in [0.15, 0.2) is 0 Å². The van der Waals surface area contributed by atoms with E-state index in [-0.39, 0.29) is 0 Å². The molecule has 3 atom stereocenters. The van der Waals surface area contributed by atoms with Gasteiger partial charge in [0.25, 0.3) is 0 Å². The van der Waals surface area contributed by atoms with Crippen molar-refractivity contribution >= 4 is 0 Å². The van der Waals surface area contributed by atoms with Gasteiger partial charge >= 0.3 is 0 Å². The van der Waals surface area contributed by atoms with E-state index in [4.69, 9.17) is 0 Å². The van der Waals surface area contributed by atoms with Crippen molar-refractivity contribution in [1.82, 2.24) is 5.32 Å². The van der Waals surface area contributed by atoms with E-state index >= 15 is 0 Å². The average molecular weight is 249 g/mol. The molecule has 1 nitrogen and oxygen atoms in total. The summed E-state index contributed by atoms with van der Waals surface area (Å²) in [6.45, 7) is 2.42. The summed E-state index contributed by atoms with van der Waals surface area (Å²) < 4.78 is 0. The Morgan fingerprint density at radius 2 is 1.33 bits per heavy atom. The first-order chi connectivity index (χ1) is 8.81. The third-order valence-electron chi connectivity index (χ3n) is 6.03. The molecule has 0 aromatic carbocycles. The standard InChI is InChI=1S/C17H31N/c1-13-6-9-16(10-7-13)18-17-11-8-14-4-2-3-5-15(14)12-17/h13-18H,2-12H2,1H3. The normalized spacial score (nSPS) is 45.5. The van der Waals surface area contributed by atoms with Crippen molar-refractivity contribution in [3.8, 4) is 0 Å². The topological polar surface area (TPSA) is 12.0 Å². The molecule has 0 spiro atoms. The zero-order valence-electron chi connectivity index (χ0n) is 12.2. The van der Waals surface area contributed by atoms with Crippen LogP contribution in [0.3, 0.4) is 0 Å². The Balaban J connectivity index is 1.46. The molecule has 0 bridgehead atoms.